The zero-order valence-electron chi connectivity index (χ0n) is 13.9. The number of allylic oxidation sites excluding steroid dienone is 1. The fourth-order valence-electron chi connectivity index (χ4n) is 3.13. The van der Waals surface area contributed by atoms with Crippen molar-refractivity contribution in [1.82, 2.24) is 10.2 Å². The number of likely N-dealkylation sites (tertiary alicyclic amines) is 1. The van der Waals surface area contributed by atoms with E-state index in [2.05, 4.69) is 5.32 Å². The molecule has 0 aliphatic carbocycles. The maximum Gasteiger partial charge on any atom is 0.286 e. The summed E-state index contributed by atoms with van der Waals surface area (Å²) in [5.41, 5.74) is 1.18. The Kier molecular flexibility index (Phi) is 5.51. The summed E-state index contributed by atoms with van der Waals surface area (Å²) in [5.74, 6) is 0.428. The Morgan fingerprint density at radius 2 is 2.08 bits per heavy atom. The van der Waals surface area contributed by atoms with Gasteiger partial charge in [0.2, 0.25) is 5.91 Å². The molecule has 0 bridgehead atoms. The second-order valence-corrected chi connectivity index (χ2v) is 6.34. The molecule has 1 fully saturated rings. The van der Waals surface area contributed by atoms with E-state index in [1.807, 2.05) is 41.3 Å². The third-order valence-corrected chi connectivity index (χ3v) is 4.51. The molecule has 0 radical (unpaired) electrons. The number of nitrogens with one attached hydrogen (secondary N) is 1. The molecule has 0 aromatic heterocycles. The molecule has 2 amide bonds. The van der Waals surface area contributed by atoms with Crippen LogP contribution < -0.4 is 5.32 Å². The lowest BCUT2D eigenvalue weighted by Crippen LogP contribution is -2.39. The second kappa shape index (κ2) is 7.99. The zero-order valence-corrected chi connectivity index (χ0v) is 13.9. The number of carbonyl (C=O) groups excluding carboxylic acids is 2. The van der Waals surface area contributed by atoms with E-state index >= 15 is 0 Å². The number of carbonyl (C=O) groups is 2. The van der Waals surface area contributed by atoms with Gasteiger partial charge in [0.1, 0.15) is 0 Å². The van der Waals surface area contributed by atoms with Crippen LogP contribution in [0.4, 0.5) is 0 Å². The van der Waals surface area contributed by atoms with Crippen molar-refractivity contribution in [2.45, 2.75) is 38.1 Å². The summed E-state index contributed by atoms with van der Waals surface area (Å²) in [7, 11) is 0. The van der Waals surface area contributed by atoms with Gasteiger partial charge in [-0.2, -0.15) is 0 Å². The van der Waals surface area contributed by atoms with Gasteiger partial charge in [0.25, 0.3) is 5.91 Å². The first-order valence-corrected chi connectivity index (χ1v) is 8.68. The molecule has 1 N–H and O–H groups in total. The van der Waals surface area contributed by atoms with Crippen molar-refractivity contribution in [1.29, 1.82) is 0 Å². The van der Waals surface area contributed by atoms with Gasteiger partial charge in [0.15, 0.2) is 5.76 Å². The highest BCUT2D eigenvalue weighted by Crippen LogP contribution is 2.15. The summed E-state index contributed by atoms with van der Waals surface area (Å²) in [6.45, 7) is 1.90. The van der Waals surface area contributed by atoms with Gasteiger partial charge in [-0.05, 0) is 37.3 Å². The van der Waals surface area contributed by atoms with Crippen LogP contribution in [0.3, 0.4) is 0 Å². The summed E-state index contributed by atoms with van der Waals surface area (Å²) in [4.78, 5) is 26.3. The van der Waals surface area contributed by atoms with Crippen LogP contribution in [0.5, 0.6) is 0 Å². The molecule has 2 heterocycles. The van der Waals surface area contributed by atoms with Gasteiger partial charge in [-0.15, -0.1) is 0 Å². The number of amides is 2. The molecular formula is C19H24N2O3. The normalized spacial score (nSPS) is 20.2. The molecule has 2 aliphatic rings. The Hall–Kier alpha value is -2.30. The number of hydrogen-bond donors (Lipinski definition) is 1. The van der Waals surface area contributed by atoms with Gasteiger partial charge in [-0.25, -0.2) is 0 Å². The maximum absolute atomic E-state index is 12.3. The van der Waals surface area contributed by atoms with Gasteiger partial charge < -0.3 is 15.0 Å². The van der Waals surface area contributed by atoms with Crippen LogP contribution in [0.1, 0.15) is 31.2 Å². The molecule has 128 valence electrons. The fraction of sp³-hybridized carbons (Fsp3) is 0.474. The van der Waals surface area contributed by atoms with Crippen LogP contribution in [-0.2, 0) is 20.7 Å². The first-order chi connectivity index (χ1) is 11.7. The van der Waals surface area contributed by atoms with Crippen molar-refractivity contribution in [2.24, 2.45) is 0 Å². The molecule has 1 aromatic rings. The van der Waals surface area contributed by atoms with Crippen molar-refractivity contribution in [3.8, 4) is 0 Å². The lowest BCUT2D eigenvalue weighted by Gasteiger charge is -2.19. The summed E-state index contributed by atoms with van der Waals surface area (Å²) < 4.78 is 5.38. The first kappa shape index (κ1) is 16.6. The Morgan fingerprint density at radius 3 is 2.83 bits per heavy atom. The van der Waals surface area contributed by atoms with Gasteiger partial charge in [0, 0.05) is 25.6 Å². The number of rotatable bonds is 5. The van der Waals surface area contributed by atoms with Crippen LogP contribution in [0.2, 0.25) is 0 Å². The van der Waals surface area contributed by atoms with E-state index in [9.17, 15) is 9.59 Å². The molecule has 0 saturated carbocycles. The maximum atomic E-state index is 12.3. The average molecular weight is 328 g/mol. The standard InChI is InChI=1S/C19H24N2O3/c22-18(10-9-15-6-2-1-3-7-15)21-12-11-16(14-21)20-19(23)17-8-4-5-13-24-17/h1-3,6-8,16H,4-5,9-14H2,(H,20,23). The highest BCUT2D eigenvalue weighted by Gasteiger charge is 2.28. The number of aryl methyl sites for hydroxylation is 1. The molecule has 5 heteroatoms. The Bertz CT molecular complexity index is 612. The van der Waals surface area contributed by atoms with Crippen molar-refractivity contribution in [2.75, 3.05) is 19.7 Å². The minimum absolute atomic E-state index is 0.0181. The second-order valence-electron chi connectivity index (χ2n) is 6.34. The third kappa shape index (κ3) is 4.37. The number of hydrogen-bond acceptors (Lipinski definition) is 3. The van der Waals surface area contributed by atoms with Crippen molar-refractivity contribution in [3.05, 3.63) is 47.7 Å². The van der Waals surface area contributed by atoms with Crippen LogP contribution >= 0.6 is 0 Å². The molecule has 1 saturated heterocycles. The van der Waals surface area contributed by atoms with Crippen LogP contribution in [0.15, 0.2) is 42.2 Å². The Labute approximate surface area is 142 Å². The van der Waals surface area contributed by atoms with E-state index in [4.69, 9.17) is 4.74 Å². The number of nitrogens with zero attached hydrogens (tertiary/aromatic N) is 1. The predicted octanol–water partition coefficient (Wildman–Crippen LogP) is 2.03. The monoisotopic (exact) mass is 328 g/mol. The summed E-state index contributed by atoms with van der Waals surface area (Å²) in [6.07, 6.45) is 5.76. The molecule has 1 unspecified atom stereocenters. The van der Waals surface area contributed by atoms with Crippen molar-refractivity contribution >= 4 is 11.8 Å². The van der Waals surface area contributed by atoms with E-state index in [0.717, 1.165) is 25.7 Å². The quantitative estimate of drug-likeness (QED) is 0.900. The first-order valence-electron chi connectivity index (χ1n) is 8.68. The number of ether oxygens (including phenoxy) is 1. The highest BCUT2D eigenvalue weighted by atomic mass is 16.5. The van der Waals surface area contributed by atoms with Gasteiger partial charge in [-0.3, -0.25) is 9.59 Å². The van der Waals surface area contributed by atoms with Crippen LogP contribution in [-0.4, -0.2) is 42.5 Å². The van der Waals surface area contributed by atoms with Gasteiger partial charge in [0.05, 0.1) is 6.61 Å². The zero-order chi connectivity index (χ0) is 16.8. The molecule has 5 nitrogen and oxygen atoms in total. The van der Waals surface area contributed by atoms with Crippen LogP contribution in [0, 0.1) is 0 Å². The fourth-order valence-corrected chi connectivity index (χ4v) is 3.13. The van der Waals surface area contributed by atoms with Crippen LogP contribution in [0.25, 0.3) is 0 Å². The summed E-state index contributed by atoms with van der Waals surface area (Å²) in [5, 5.41) is 2.98. The van der Waals surface area contributed by atoms with Gasteiger partial charge >= 0.3 is 0 Å². The van der Waals surface area contributed by atoms with Gasteiger partial charge in [-0.1, -0.05) is 30.3 Å². The topological polar surface area (TPSA) is 58.6 Å². The van der Waals surface area contributed by atoms with E-state index in [0.29, 0.717) is 31.9 Å². The SMILES string of the molecule is O=C(NC1CCN(C(=O)CCc2ccccc2)C1)C1=CCCCO1. The summed E-state index contributed by atoms with van der Waals surface area (Å²) in [6, 6.07) is 10.1. The third-order valence-electron chi connectivity index (χ3n) is 4.51. The summed E-state index contributed by atoms with van der Waals surface area (Å²) >= 11 is 0. The molecular weight excluding hydrogens is 304 g/mol. The Balaban J connectivity index is 1.43. The largest absolute Gasteiger partial charge is 0.488 e. The lowest BCUT2D eigenvalue weighted by atomic mass is 10.1. The van der Waals surface area contributed by atoms with E-state index in [1.165, 1.54) is 5.56 Å². The average Bonchev–Trinajstić information content (AvgIpc) is 3.10. The molecule has 24 heavy (non-hydrogen) atoms. The molecule has 1 aromatic carbocycles. The van der Waals surface area contributed by atoms with Crippen molar-refractivity contribution in [3.63, 3.8) is 0 Å². The van der Waals surface area contributed by atoms with E-state index in [-0.39, 0.29) is 17.9 Å². The predicted molar refractivity (Wildman–Crippen MR) is 91.2 cm³/mol. The van der Waals surface area contributed by atoms with E-state index < -0.39 is 0 Å². The molecule has 1 atom stereocenters. The lowest BCUT2D eigenvalue weighted by molar-refractivity contribution is -0.130. The number of benzene rings is 1. The Morgan fingerprint density at radius 1 is 1.25 bits per heavy atom. The minimum Gasteiger partial charge on any atom is -0.488 e. The van der Waals surface area contributed by atoms with E-state index in [1.54, 1.807) is 0 Å². The smallest absolute Gasteiger partial charge is 0.286 e. The molecule has 0 spiro atoms. The minimum atomic E-state index is -0.154. The van der Waals surface area contributed by atoms with Crippen molar-refractivity contribution < 1.29 is 14.3 Å². The molecule has 2 aliphatic heterocycles. The highest BCUT2D eigenvalue weighted by molar-refractivity contribution is 5.91. The molecule has 3 rings (SSSR count).